The number of methoxy groups -OCH3 is 1. The summed E-state index contributed by atoms with van der Waals surface area (Å²) in [5.41, 5.74) is 2.31. The second kappa shape index (κ2) is 10.7. The van der Waals surface area contributed by atoms with Gasteiger partial charge in [-0.25, -0.2) is 0 Å². The largest absolute Gasteiger partial charge is 0.493 e. The van der Waals surface area contributed by atoms with Gasteiger partial charge in [-0.05, 0) is 43.1 Å². The molecule has 0 saturated carbocycles. The summed E-state index contributed by atoms with van der Waals surface area (Å²) in [6.07, 6.45) is 1.02. The minimum absolute atomic E-state index is 0.534. The minimum atomic E-state index is 0.534. The Kier molecular flexibility index (Phi) is 8.15. The zero-order valence-corrected chi connectivity index (χ0v) is 14.6. The normalized spacial score (nSPS) is 10.6. The van der Waals surface area contributed by atoms with E-state index in [4.69, 9.17) is 14.2 Å². The fourth-order valence-corrected chi connectivity index (χ4v) is 2.35. The highest BCUT2D eigenvalue weighted by atomic mass is 16.5. The van der Waals surface area contributed by atoms with Crippen molar-refractivity contribution in [2.24, 2.45) is 0 Å². The van der Waals surface area contributed by atoms with Gasteiger partial charge in [0.15, 0.2) is 11.5 Å². The molecule has 0 aromatic heterocycles. The molecule has 4 nitrogen and oxygen atoms in total. The zero-order valence-electron chi connectivity index (χ0n) is 14.6. The molecule has 1 N–H and O–H groups in total. The predicted molar refractivity (Wildman–Crippen MR) is 96.6 cm³/mol. The average Bonchev–Trinajstić information content (AvgIpc) is 2.64. The Hall–Kier alpha value is -2.04. The van der Waals surface area contributed by atoms with Gasteiger partial charge >= 0.3 is 0 Å². The molecule has 0 bridgehead atoms. The molecule has 4 heteroatoms. The zero-order chi connectivity index (χ0) is 17.0. The van der Waals surface area contributed by atoms with Gasteiger partial charge in [0.25, 0.3) is 0 Å². The molecule has 0 aliphatic carbocycles. The van der Waals surface area contributed by atoms with Gasteiger partial charge in [-0.3, -0.25) is 0 Å². The van der Waals surface area contributed by atoms with Crippen molar-refractivity contribution in [2.75, 3.05) is 26.9 Å². The second-order valence-corrected chi connectivity index (χ2v) is 5.49. The maximum absolute atomic E-state index is 5.88. The van der Waals surface area contributed by atoms with Gasteiger partial charge in [-0.15, -0.1) is 0 Å². The van der Waals surface area contributed by atoms with Crippen molar-refractivity contribution in [3.8, 4) is 11.5 Å². The van der Waals surface area contributed by atoms with Gasteiger partial charge in [0.1, 0.15) is 6.61 Å². The molecule has 2 aromatic rings. The van der Waals surface area contributed by atoms with E-state index in [1.165, 1.54) is 5.56 Å². The first-order valence-corrected chi connectivity index (χ1v) is 8.45. The van der Waals surface area contributed by atoms with E-state index >= 15 is 0 Å². The van der Waals surface area contributed by atoms with Crippen molar-refractivity contribution in [1.29, 1.82) is 0 Å². The maximum Gasteiger partial charge on any atom is 0.161 e. The van der Waals surface area contributed by atoms with Crippen LogP contribution >= 0.6 is 0 Å². The van der Waals surface area contributed by atoms with Gasteiger partial charge in [-0.1, -0.05) is 36.4 Å². The molecule has 0 radical (unpaired) electrons. The number of hydrogen-bond donors (Lipinski definition) is 1. The van der Waals surface area contributed by atoms with Crippen molar-refractivity contribution < 1.29 is 14.2 Å². The number of benzene rings is 2. The van der Waals surface area contributed by atoms with Crippen LogP contribution in [0.3, 0.4) is 0 Å². The summed E-state index contributed by atoms with van der Waals surface area (Å²) in [4.78, 5) is 0. The van der Waals surface area contributed by atoms with Crippen LogP contribution in [0.4, 0.5) is 0 Å². The summed E-state index contributed by atoms with van der Waals surface area (Å²) in [6.45, 7) is 5.88. The smallest absolute Gasteiger partial charge is 0.161 e. The fraction of sp³-hybridized carbons (Fsp3) is 0.400. The fourth-order valence-electron chi connectivity index (χ4n) is 2.35. The van der Waals surface area contributed by atoms with E-state index in [2.05, 4.69) is 11.4 Å². The Morgan fingerprint density at radius 3 is 2.54 bits per heavy atom. The molecule has 0 atom stereocenters. The molecule has 0 aliphatic heterocycles. The van der Waals surface area contributed by atoms with Crippen LogP contribution in [-0.4, -0.2) is 26.9 Å². The molecule has 2 rings (SSSR count). The Morgan fingerprint density at radius 2 is 1.79 bits per heavy atom. The summed E-state index contributed by atoms with van der Waals surface area (Å²) < 4.78 is 16.7. The number of hydrogen-bond acceptors (Lipinski definition) is 4. The van der Waals surface area contributed by atoms with Crippen LogP contribution in [0.25, 0.3) is 0 Å². The monoisotopic (exact) mass is 329 g/mol. The van der Waals surface area contributed by atoms with E-state index < -0.39 is 0 Å². The summed E-state index contributed by atoms with van der Waals surface area (Å²) in [6, 6.07) is 16.2. The molecule has 0 unspecified atom stereocenters. The molecule has 0 saturated heterocycles. The van der Waals surface area contributed by atoms with Crippen LogP contribution in [0.2, 0.25) is 0 Å². The first kappa shape index (κ1) is 18.3. The minimum Gasteiger partial charge on any atom is -0.493 e. The molecule has 2 aromatic carbocycles. The highest BCUT2D eigenvalue weighted by molar-refractivity contribution is 5.43. The van der Waals surface area contributed by atoms with Gasteiger partial charge in [0, 0.05) is 19.8 Å². The lowest BCUT2D eigenvalue weighted by Gasteiger charge is -2.13. The van der Waals surface area contributed by atoms with Crippen LogP contribution in [-0.2, 0) is 17.9 Å². The third-order valence-electron chi connectivity index (χ3n) is 3.64. The van der Waals surface area contributed by atoms with E-state index in [1.54, 1.807) is 7.11 Å². The lowest BCUT2D eigenvalue weighted by molar-refractivity contribution is 0.144. The van der Waals surface area contributed by atoms with Crippen LogP contribution in [0.5, 0.6) is 11.5 Å². The lowest BCUT2D eigenvalue weighted by atomic mass is 10.2. The highest BCUT2D eigenvalue weighted by Crippen LogP contribution is 2.28. The first-order valence-electron chi connectivity index (χ1n) is 8.45. The Bertz CT molecular complexity index is 587. The first-order chi connectivity index (χ1) is 11.8. The van der Waals surface area contributed by atoms with Crippen molar-refractivity contribution >= 4 is 0 Å². The van der Waals surface area contributed by atoms with Crippen molar-refractivity contribution in [3.05, 3.63) is 59.7 Å². The molecule has 130 valence electrons. The van der Waals surface area contributed by atoms with E-state index in [-0.39, 0.29) is 0 Å². The molecule has 0 spiro atoms. The molecule has 24 heavy (non-hydrogen) atoms. The third kappa shape index (κ3) is 6.22. The molecule has 0 heterocycles. The van der Waals surface area contributed by atoms with Gasteiger partial charge in [0.05, 0.1) is 7.11 Å². The Morgan fingerprint density at radius 1 is 0.958 bits per heavy atom. The molecule has 0 amide bonds. The molecular formula is C20H27NO3. The standard InChI is InChI=1S/C20H27NO3/c1-3-23-13-7-12-21-15-18-10-11-19(20(14-18)22-2)24-16-17-8-5-4-6-9-17/h4-6,8-11,14,21H,3,7,12-13,15-16H2,1-2H3. The summed E-state index contributed by atoms with van der Waals surface area (Å²) in [5.74, 6) is 1.53. The maximum atomic E-state index is 5.88. The SMILES string of the molecule is CCOCCCNCc1ccc(OCc2ccccc2)c(OC)c1. The topological polar surface area (TPSA) is 39.7 Å². The predicted octanol–water partition coefficient (Wildman–Crippen LogP) is 3.79. The number of nitrogens with one attached hydrogen (secondary N) is 1. The van der Waals surface area contributed by atoms with Gasteiger partial charge in [0.2, 0.25) is 0 Å². The van der Waals surface area contributed by atoms with Gasteiger partial charge < -0.3 is 19.5 Å². The van der Waals surface area contributed by atoms with Crippen molar-refractivity contribution in [3.63, 3.8) is 0 Å². The molecule has 0 fully saturated rings. The van der Waals surface area contributed by atoms with Crippen LogP contribution in [0.15, 0.2) is 48.5 Å². The van der Waals surface area contributed by atoms with Crippen molar-refractivity contribution in [2.45, 2.75) is 26.5 Å². The number of ether oxygens (including phenoxy) is 3. The summed E-state index contributed by atoms with van der Waals surface area (Å²) >= 11 is 0. The van der Waals surface area contributed by atoms with Crippen molar-refractivity contribution in [1.82, 2.24) is 5.32 Å². The second-order valence-electron chi connectivity index (χ2n) is 5.49. The summed E-state index contributed by atoms with van der Waals surface area (Å²) in [7, 11) is 1.67. The van der Waals surface area contributed by atoms with Crippen LogP contribution in [0, 0.1) is 0 Å². The quantitative estimate of drug-likeness (QED) is 0.637. The Labute approximate surface area is 144 Å². The van der Waals surface area contributed by atoms with E-state index in [9.17, 15) is 0 Å². The lowest BCUT2D eigenvalue weighted by Crippen LogP contribution is -2.16. The molecular weight excluding hydrogens is 302 g/mol. The molecule has 0 aliphatic rings. The van der Waals surface area contributed by atoms with E-state index in [1.807, 2.05) is 49.4 Å². The van der Waals surface area contributed by atoms with E-state index in [0.29, 0.717) is 6.61 Å². The third-order valence-corrected chi connectivity index (χ3v) is 3.64. The van der Waals surface area contributed by atoms with E-state index in [0.717, 1.165) is 49.8 Å². The highest BCUT2D eigenvalue weighted by Gasteiger charge is 2.06. The Balaban J connectivity index is 1.83. The van der Waals surface area contributed by atoms with Crippen LogP contribution < -0.4 is 14.8 Å². The average molecular weight is 329 g/mol. The number of rotatable bonds is 11. The van der Waals surface area contributed by atoms with Crippen LogP contribution in [0.1, 0.15) is 24.5 Å². The summed E-state index contributed by atoms with van der Waals surface area (Å²) in [5, 5.41) is 3.41. The van der Waals surface area contributed by atoms with Gasteiger partial charge in [-0.2, -0.15) is 0 Å².